The number of fused-ring (bicyclic) bond motifs is 4. The van der Waals surface area contributed by atoms with E-state index in [1.807, 2.05) is 60.7 Å². The number of hydrogen-bond donors (Lipinski definition) is 2. The second-order valence-corrected chi connectivity index (χ2v) is 8.03. The third-order valence-electron chi connectivity index (χ3n) is 6.05. The number of H-pyrrole nitrogens is 1. The monoisotopic (exact) mass is 437 g/mol. The van der Waals surface area contributed by atoms with Gasteiger partial charge in [-0.1, -0.05) is 18.2 Å². The largest absolute Gasteiger partial charge is 0.497 e. The molecule has 6 rings (SSSR count). The lowest BCUT2D eigenvalue weighted by Crippen LogP contribution is -2.27. The van der Waals surface area contributed by atoms with Gasteiger partial charge in [-0.3, -0.25) is 9.59 Å². The molecule has 8 nitrogen and oxygen atoms in total. The van der Waals surface area contributed by atoms with Crippen molar-refractivity contribution in [2.45, 2.75) is 12.3 Å². The van der Waals surface area contributed by atoms with Gasteiger partial charge in [0, 0.05) is 35.2 Å². The van der Waals surface area contributed by atoms with Gasteiger partial charge in [0.2, 0.25) is 5.91 Å². The molecule has 3 heterocycles. The molecule has 3 aromatic carbocycles. The number of aromatic amines is 1. The standard InChI is InChI=1S/C25H19N5O3/c1-33-16-8-7-14-11-18(25(32)27-21(14)12-16)17-13-22(31)26-19-9-10-20-24(23(17)19)29-30(28-20)15-5-3-2-4-6-15/h2-12,17H,13H2,1H3,(H,26,31)(H,27,32)/t17-/m0/s1. The zero-order chi connectivity index (χ0) is 22.5. The van der Waals surface area contributed by atoms with Crippen molar-refractivity contribution in [2.24, 2.45) is 0 Å². The Morgan fingerprint density at radius 3 is 2.67 bits per heavy atom. The number of aromatic nitrogens is 4. The molecule has 5 aromatic rings. The van der Waals surface area contributed by atoms with E-state index >= 15 is 0 Å². The minimum Gasteiger partial charge on any atom is -0.497 e. The number of nitrogens with zero attached hydrogens (tertiary/aromatic N) is 3. The summed E-state index contributed by atoms with van der Waals surface area (Å²) < 4.78 is 5.26. The number of carbonyl (C=O) groups excluding carboxylic acids is 1. The van der Waals surface area contributed by atoms with E-state index in [0.717, 1.165) is 16.6 Å². The summed E-state index contributed by atoms with van der Waals surface area (Å²) in [6.45, 7) is 0. The normalized spacial score (nSPS) is 15.4. The lowest BCUT2D eigenvalue weighted by atomic mass is 9.84. The van der Waals surface area contributed by atoms with E-state index in [9.17, 15) is 9.59 Å². The van der Waals surface area contributed by atoms with Crippen molar-refractivity contribution in [1.82, 2.24) is 20.0 Å². The van der Waals surface area contributed by atoms with Crippen LogP contribution in [0.5, 0.6) is 5.75 Å². The predicted molar refractivity (Wildman–Crippen MR) is 125 cm³/mol. The lowest BCUT2D eigenvalue weighted by Gasteiger charge is -2.25. The summed E-state index contributed by atoms with van der Waals surface area (Å²) in [6, 6.07) is 20.6. The Bertz CT molecular complexity index is 1600. The third kappa shape index (κ3) is 3.15. The van der Waals surface area contributed by atoms with E-state index in [0.29, 0.717) is 33.6 Å². The number of benzene rings is 3. The zero-order valence-corrected chi connectivity index (χ0v) is 17.7. The first kappa shape index (κ1) is 19.2. The van der Waals surface area contributed by atoms with Crippen molar-refractivity contribution in [2.75, 3.05) is 12.4 Å². The van der Waals surface area contributed by atoms with Gasteiger partial charge in [0.1, 0.15) is 16.8 Å². The molecular weight excluding hydrogens is 418 g/mol. The summed E-state index contributed by atoms with van der Waals surface area (Å²) >= 11 is 0. The van der Waals surface area contributed by atoms with Crippen LogP contribution in [0.2, 0.25) is 0 Å². The van der Waals surface area contributed by atoms with Gasteiger partial charge < -0.3 is 15.0 Å². The van der Waals surface area contributed by atoms with Crippen LogP contribution < -0.4 is 15.6 Å². The van der Waals surface area contributed by atoms with E-state index in [1.54, 1.807) is 18.0 Å². The molecule has 0 aliphatic carbocycles. The number of rotatable bonds is 3. The first-order valence-electron chi connectivity index (χ1n) is 10.6. The lowest BCUT2D eigenvalue weighted by molar-refractivity contribution is -0.116. The molecule has 2 aromatic heterocycles. The van der Waals surface area contributed by atoms with Crippen molar-refractivity contribution < 1.29 is 9.53 Å². The summed E-state index contributed by atoms with van der Waals surface area (Å²) in [5, 5.41) is 13.1. The van der Waals surface area contributed by atoms with Gasteiger partial charge in [0.25, 0.3) is 5.56 Å². The van der Waals surface area contributed by atoms with Gasteiger partial charge in [0.15, 0.2) is 0 Å². The molecule has 1 aliphatic rings. The molecule has 33 heavy (non-hydrogen) atoms. The van der Waals surface area contributed by atoms with Crippen LogP contribution in [0.1, 0.15) is 23.5 Å². The topological polar surface area (TPSA) is 102 Å². The Labute approximate surface area is 187 Å². The molecular formula is C25H19N5O3. The van der Waals surface area contributed by atoms with Crippen molar-refractivity contribution in [3.8, 4) is 11.4 Å². The van der Waals surface area contributed by atoms with Crippen LogP contribution in [-0.4, -0.2) is 33.0 Å². The van der Waals surface area contributed by atoms with Crippen LogP contribution in [0, 0.1) is 0 Å². The quantitative estimate of drug-likeness (QED) is 0.448. The van der Waals surface area contributed by atoms with Crippen LogP contribution in [0.15, 0.2) is 71.5 Å². The molecule has 0 radical (unpaired) electrons. The molecule has 0 spiro atoms. The molecule has 1 amide bonds. The number of nitrogens with one attached hydrogen (secondary N) is 2. The zero-order valence-electron chi connectivity index (χ0n) is 17.7. The summed E-state index contributed by atoms with van der Waals surface area (Å²) in [4.78, 5) is 30.2. The fourth-order valence-electron chi connectivity index (χ4n) is 4.48. The van der Waals surface area contributed by atoms with Crippen molar-refractivity contribution in [3.63, 3.8) is 0 Å². The van der Waals surface area contributed by atoms with Crippen LogP contribution in [0.4, 0.5) is 5.69 Å². The van der Waals surface area contributed by atoms with Gasteiger partial charge in [-0.15, -0.1) is 10.2 Å². The van der Waals surface area contributed by atoms with Crippen molar-refractivity contribution in [1.29, 1.82) is 0 Å². The molecule has 0 unspecified atom stereocenters. The fourth-order valence-corrected chi connectivity index (χ4v) is 4.48. The smallest absolute Gasteiger partial charge is 0.252 e. The number of ether oxygens (including phenoxy) is 1. The number of hydrogen-bond acceptors (Lipinski definition) is 5. The highest BCUT2D eigenvalue weighted by molar-refractivity contribution is 6.00. The number of amides is 1. The van der Waals surface area contributed by atoms with Crippen LogP contribution in [-0.2, 0) is 4.79 Å². The maximum Gasteiger partial charge on any atom is 0.252 e. The van der Waals surface area contributed by atoms with Gasteiger partial charge in [-0.2, -0.15) is 4.80 Å². The first-order valence-corrected chi connectivity index (χ1v) is 10.6. The van der Waals surface area contributed by atoms with Gasteiger partial charge in [-0.05, 0) is 47.9 Å². The van der Waals surface area contributed by atoms with E-state index in [2.05, 4.69) is 15.4 Å². The highest BCUT2D eigenvalue weighted by Crippen LogP contribution is 2.40. The highest BCUT2D eigenvalue weighted by atomic mass is 16.5. The van der Waals surface area contributed by atoms with E-state index < -0.39 is 5.92 Å². The summed E-state index contributed by atoms with van der Waals surface area (Å²) in [6.07, 6.45) is 0.148. The SMILES string of the molecule is COc1ccc2cc([C@@H]3CC(=O)Nc4ccc5nn(-c6ccccc6)nc5c43)c(=O)[nH]c2c1. The molecule has 162 valence electrons. The second kappa shape index (κ2) is 7.30. The van der Waals surface area contributed by atoms with Gasteiger partial charge in [-0.25, -0.2) is 0 Å². The summed E-state index contributed by atoms with van der Waals surface area (Å²) in [7, 11) is 1.58. The Morgan fingerprint density at radius 2 is 1.85 bits per heavy atom. The molecule has 8 heteroatoms. The molecule has 0 fully saturated rings. The van der Waals surface area contributed by atoms with Crippen LogP contribution in [0.3, 0.4) is 0 Å². The number of pyridine rings is 1. The van der Waals surface area contributed by atoms with Crippen molar-refractivity contribution >= 4 is 33.5 Å². The molecule has 0 saturated heterocycles. The summed E-state index contributed by atoms with van der Waals surface area (Å²) in [5.41, 5.74) is 4.59. The van der Waals surface area contributed by atoms with Gasteiger partial charge >= 0.3 is 0 Å². The summed E-state index contributed by atoms with van der Waals surface area (Å²) in [5.74, 6) is 0.0673. The molecule has 0 bridgehead atoms. The maximum atomic E-state index is 13.1. The Morgan fingerprint density at radius 1 is 1.00 bits per heavy atom. The second-order valence-electron chi connectivity index (χ2n) is 8.03. The Hall–Kier alpha value is -4.46. The average Bonchev–Trinajstić information content (AvgIpc) is 3.28. The minimum atomic E-state index is -0.450. The van der Waals surface area contributed by atoms with E-state index in [-0.39, 0.29) is 17.9 Å². The van der Waals surface area contributed by atoms with Crippen molar-refractivity contribution in [3.05, 3.63) is 88.2 Å². The van der Waals surface area contributed by atoms with Crippen LogP contribution >= 0.6 is 0 Å². The Kier molecular flexibility index (Phi) is 4.26. The van der Waals surface area contributed by atoms with Gasteiger partial charge in [0.05, 0.1) is 18.3 Å². The fraction of sp³-hybridized carbons (Fsp3) is 0.120. The molecule has 2 N–H and O–H groups in total. The number of carbonyl (C=O) groups is 1. The third-order valence-corrected chi connectivity index (χ3v) is 6.05. The predicted octanol–water partition coefficient (Wildman–Crippen LogP) is 3.74. The minimum absolute atomic E-state index is 0.142. The maximum absolute atomic E-state index is 13.1. The molecule has 1 atom stereocenters. The molecule has 1 aliphatic heterocycles. The number of anilines is 1. The first-order chi connectivity index (χ1) is 16.1. The van der Waals surface area contributed by atoms with E-state index in [4.69, 9.17) is 9.84 Å². The van der Waals surface area contributed by atoms with Crippen LogP contribution in [0.25, 0.3) is 27.6 Å². The number of methoxy groups -OCH3 is 1. The van der Waals surface area contributed by atoms with E-state index in [1.165, 1.54) is 0 Å². The average molecular weight is 437 g/mol. The highest BCUT2D eigenvalue weighted by Gasteiger charge is 2.32. The number of para-hydroxylation sites is 1. The molecule has 0 saturated carbocycles. The Balaban J connectivity index is 1.56.